The third kappa shape index (κ3) is 4.69. The van der Waals surface area contributed by atoms with Gasteiger partial charge in [-0.25, -0.2) is 0 Å². The highest BCUT2D eigenvalue weighted by atomic mass is 16.5. The van der Waals surface area contributed by atoms with E-state index in [-0.39, 0.29) is 18.4 Å². The zero-order valence-electron chi connectivity index (χ0n) is 14.0. The molecule has 2 atom stereocenters. The Morgan fingerprint density at radius 2 is 2.00 bits per heavy atom. The Balaban J connectivity index is 1.36. The van der Waals surface area contributed by atoms with Gasteiger partial charge in [-0.3, -0.25) is 9.69 Å². The fourth-order valence-corrected chi connectivity index (χ4v) is 3.20. The predicted octanol–water partition coefficient (Wildman–Crippen LogP) is 0.607. The third-order valence-electron chi connectivity index (χ3n) is 4.62. The molecule has 0 aliphatic carbocycles. The van der Waals surface area contributed by atoms with E-state index in [1.165, 1.54) is 0 Å². The second-order valence-corrected chi connectivity index (χ2v) is 6.46. The van der Waals surface area contributed by atoms with Crippen molar-refractivity contribution >= 4 is 5.91 Å². The van der Waals surface area contributed by atoms with E-state index >= 15 is 0 Å². The van der Waals surface area contributed by atoms with Crippen molar-refractivity contribution in [3.05, 3.63) is 30.3 Å². The summed E-state index contributed by atoms with van der Waals surface area (Å²) in [6.45, 7) is 5.15. The van der Waals surface area contributed by atoms with Gasteiger partial charge in [0.05, 0.1) is 12.5 Å². The lowest BCUT2D eigenvalue weighted by Crippen LogP contribution is -2.52. The highest BCUT2D eigenvalue weighted by molar-refractivity contribution is 5.79. The van der Waals surface area contributed by atoms with Crippen LogP contribution in [0.3, 0.4) is 0 Å². The molecule has 3 rings (SSSR count). The molecule has 2 saturated heterocycles. The number of aliphatic hydroxyl groups is 1. The van der Waals surface area contributed by atoms with E-state index < -0.39 is 6.10 Å². The van der Waals surface area contributed by atoms with Crippen LogP contribution in [0.4, 0.5) is 0 Å². The molecule has 0 unspecified atom stereocenters. The minimum atomic E-state index is -0.532. The Kier molecular flexibility index (Phi) is 6.07. The van der Waals surface area contributed by atoms with Gasteiger partial charge < -0.3 is 19.5 Å². The van der Waals surface area contributed by atoms with Crippen molar-refractivity contribution in [3.8, 4) is 5.75 Å². The van der Waals surface area contributed by atoms with E-state index in [9.17, 15) is 9.90 Å². The van der Waals surface area contributed by atoms with Crippen LogP contribution in [0, 0.1) is 5.92 Å². The number of ether oxygens (including phenoxy) is 2. The maximum absolute atomic E-state index is 12.3. The van der Waals surface area contributed by atoms with Crippen molar-refractivity contribution in [1.29, 1.82) is 0 Å². The number of benzene rings is 1. The number of para-hydroxylation sites is 1. The highest BCUT2D eigenvalue weighted by Crippen LogP contribution is 2.17. The number of hydrogen-bond donors (Lipinski definition) is 1. The van der Waals surface area contributed by atoms with Crippen LogP contribution in [0.2, 0.25) is 0 Å². The first-order valence-electron chi connectivity index (χ1n) is 8.67. The molecule has 0 bridgehead atoms. The van der Waals surface area contributed by atoms with Crippen molar-refractivity contribution in [2.75, 3.05) is 52.5 Å². The molecule has 2 aliphatic heterocycles. The van der Waals surface area contributed by atoms with E-state index in [2.05, 4.69) is 4.90 Å². The van der Waals surface area contributed by atoms with Gasteiger partial charge in [-0.2, -0.15) is 0 Å². The summed E-state index contributed by atoms with van der Waals surface area (Å²) in [5, 5.41) is 10.1. The van der Waals surface area contributed by atoms with Crippen LogP contribution in [0.15, 0.2) is 30.3 Å². The summed E-state index contributed by atoms with van der Waals surface area (Å²) in [6, 6.07) is 9.51. The molecule has 0 saturated carbocycles. The first-order chi connectivity index (χ1) is 11.7. The summed E-state index contributed by atoms with van der Waals surface area (Å²) < 4.78 is 10.9. The van der Waals surface area contributed by atoms with Gasteiger partial charge in [0, 0.05) is 39.3 Å². The summed E-state index contributed by atoms with van der Waals surface area (Å²) >= 11 is 0. The molecule has 0 spiro atoms. The number of β-amino-alcohol motifs (C(OH)–C–C–N with tert-alkyl or cyclic N) is 1. The maximum Gasteiger partial charge on any atom is 0.228 e. The minimum Gasteiger partial charge on any atom is -0.491 e. The zero-order valence-corrected chi connectivity index (χ0v) is 14.0. The van der Waals surface area contributed by atoms with Gasteiger partial charge in [0.15, 0.2) is 0 Å². The molecule has 2 heterocycles. The Labute approximate surface area is 143 Å². The largest absolute Gasteiger partial charge is 0.491 e. The Morgan fingerprint density at radius 1 is 1.25 bits per heavy atom. The van der Waals surface area contributed by atoms with E-state index in [1.807, 2.05) is 35.2 Å². The molecule has 1 aromatic carbocycles. The molecule has 6 nitrogen and oxygen atoms in total. The van der Waals surface area contributed by atoms with Crippen LogP contribution in [-0.4, -0.2) is 79.5 Å². The van der Waals surface area contributed by atoms with Crippen LogP contribution in [0.1, 0.15) is 6.42 Å². The van der Waals surface area contributed by atoms with Crippen LogP contribution in [0.25, 0.3) is 0 Å². The number of carbonyl (C=O) groups excluding carboxylic acids is 1. The van der Waals surface area contributed by atoms with Crippen molar-refractivity contribution in [3.63, 3.8) is 0 Å². The highest BCUT2D eigenvalue weighted by Gasteiger charge is 2.30. The molecule has 1 amide bonds. The number of piperazine rings is 1. The summed E-state index contributed by atoms with van der Waals surface area (Å²) in [5.74, 6) is 1.03. The number of aliphatic hydroxyl groups excluding tert-OH is 1. The van der Waals surface area contributed by atoms with Gasteiger partial charge in [0.25, 0.3) is 0 Å². The molecule has 1 aromatic rings. The monoisotopic (exact) mass is 334 g/mol. The van der Waals surface area contributed by atoms with E-state index in [4.69, 9.17) is 9.47 Å². The quantitative estimate of drug-likeness (QED) is 0.826. The van der Waals surface area contributed by atoms with Crippen molar-refractivity contribution < 1.29 is 19.4 Å². The van der Waals surface area contributed by atoms with Gasteiger partial charge in [0.1, 0.15) is 18.5 Å². The van der Waals surface area contributed by atoms with E-state index in [0.717, 1.165) is 38.3 Å². The van der Waals surface area contributed by atoms with Gasteiger partial charge in [-0.1, -0.05) is 18.2 Å². The molecule has 2 aliphatic rings. The topological polar surface area (TPSA) is 62.2 Å². The molecule has 0 aromatic heterocycles. The molecule has 6 heteroatoms. The first kappa shape index (κ1) is 17.2. The maximum atomic E-state index is 12.3. The number of rotatable bonds is 6. The second kappa shape index (κ2) is 8.46. The van der Waals surface area contributed by atoms with Gasteiger partial charge in [0.2, 0.25) is 5.91 Å². The van der Waals surface area contributed by atoms with Crippen LogP contribution < -0.4 is 4.74 Å². The van der Waals surface area contributed by atoms with Crippen molar-refractivity contribution in [2.24, 2.45) is 5.92 Å². The van der Waals surface area contributed by atoms with Crippen LogP contribution in [-0.2, 0) is 9.53 Å². The fraction of sp³-hybridized carbons (Fsp3) is 0.611. The SMILES string of the molecule is O=C([C@@H]1CCOC1)N1CCN(C[C@@H](O)COc2ccccc2)CC1. The average molecular weight is 334 g/mol. The summed E-state index contributed by atoms with van der Waals surface area (Å²) in [7, 11) is 0. The molecule has 24 heavy (non-hydrogen) atoms. The Hall–Kier alpha value is -1.63. The molecule has 132 valence electrons. The Bertz CT molecular complexity index is 511. The predicted molar refractivity (Wildman–Crippen MR) is 89.9 cm³/mol. The number of hydrogen-bond acceptors (Lipinski definition) is 5. The van der Waals surface area contributed by atoms with E-state index in [0.29, 0.717) is 19.8 Å². The molecule has 0 radical (unpaired) electrons. The van der Waals surface area contributed by atoms with Gasteiger partial charge >= 0.3 is 0 Å². The lowest BCUT2D eigenvalue weighted by Gasteiger charge is -2.36. The molecular formula is C18H26N2O4. The second-order valence-electron chi connectivity index (χ2n) is 6.46. The molecule has 1 N–H and O–H groups in total. The van der Waals surface area contributed by atoms with E-state index in [1.54, 1.807) is 0 Å². The number of nitrogens with zero attached hydrogens (tertiary/aromatic N) is 2. The lowest BCUT2D eigenvalue weighted by atomic mass is 10.1. The standard InChI is InChI=1S/C18H26N2O4/c21-16(14-24-17-4-2-1-3-5-17)12-19-7-9-20(10-8-19)18(22)15-6-11-23-13-15/h1-5,15-16,21H,6-14H2/t15-,16-/m1/s1. The molecular weight excluding hydrogens is 308 g/mol. The lowest BCUT2D eigenvalue weighted by molar-refractivity contribution is -0.137. The summed E-state index contributed by atoms with van der Waals surface area (Å²) in [6.07, 6.45) is 0.310. The normalized spacial score (nSPS) is 23.2. The summed E-state index contributed by atoms with van der Waals surface area (Å²) in [5.41, 5.74) is 0. The van der Waals surface area contributed by atoms with Crippen molar-refractivity contribution in [2.45, 2.75) is 12.5 Å². The Morgan fingerprint density at radius 3 is 2.67 bits per heavy atom. The van der Waals surface area contributed by atoms with Gasteiger partial charge in [-0.05, 0) is 18.6 Å². The van der Waals surface area contributed by atoms with Crippen LogP contribution in [0.5, 0.6) is 5.75 Å². The fourth-order valence-electron chi connectivity index (χ4n) is 3.20. The van der Waals surface area contributed by atoms with Crippen LogP contribution >= 0.6 is 0 Å². The first-order valence-corrected chi connectivity index (χ1v) is 8.67. The smallest absolute Gasteiger partial charge is 0.228 e. The third-order valence-corrected chi connectivity index (χ3v) is 4.62. The minimum absolute atomic E-state index is 0.0430. The van der Waals surface area contributed by atoms with Gasteiger partial charge in [-0.15, -0.1) is 0 Å². The zero-order chi connectivity index (χ0) is 16.8. The average Bonchev–Trinajstić information content (AvgIpc) is 3.16. The number of amides is 1. The molecule has 2 fully saturated rings. The summed E-state index contributed by atoms with van der Waals surface area (Å²) in [4.78, 5) is 16.5. The number of carbonyl (C=O) groups is 1. The van der Waals surface area contributed by atoms with Crippen molar-refractivity contribution in [1.82, 2.24) is 9.80 Å².